The van der Waals surface area contributed by atoms with Gasteiger partial charge in [0.25, 0.3) is 0 Å². The number of ether oxygens (including phenoxy) is 3. The van der Waals surface area contributed by atoms with E-state index >= 15 is 0 Å². The first-order chi connectivity index (χ1) is 21.5. The molecule has 0 saturated heterocycles. The first-order valence-corrected chi connectivity index (χ1v) is 21.4. The van der Waals surface area contributed by atoms with Gasteiger partial charge in [0, 0.05) is 46.8 Å². The summed E-state index contributed by atoms with van der Waals surface area (Å²) in [7, 11) is -4.17. The molecule has 0 unspecified atom stereocenters. The van der Waals surface area contributed by atoms with Gasteiger partial charge in [-0.2, -0.15) is 5.10 Å². The lowest BCUT2D eigenvalue weighted by Gasteiger charge is -2.29. The van der Waals surface area contributed by atoms with E-state index in [1.54, 1.807) is 42.2 Å². The van der Waals surface area contributed by atoms with Gasteiger partial charge in [-0.3, -0.25) is 9.25 Å². The molecule has 2 aromatic heterocycles. The van der Waals surface area contributed by atoms with Crippen LogP contribution in [0.2, 0.25) is 25.7 Å². The van der Waals surface area contributed by atoms with Crippen LogP contribution in [0.1, 0.15) is 11.7 Å². The molecule has 2 heterocycles. The number of benzene rings is 2. The molecular weight excluding hydrogens is 656 g/mol. The van der Waals surface area contributed by atoms with Crippen LogP contribution in [0.4, 0.5) is 10.3 Å². The molecule has 0 radical (unpaired) electrons. The second kappa shape index (κ2) is 13.5. The van der Waals surface area contributed by atoms with Gasteiger partial charge in [-0.05, 0) is 36.4 Å². The van der Waals surface area contributed by atoms with E-state index < -0.39 is 45.6 Å². The fourth-order valence-corrected chi connectivity index (χ4v) is 8.48. The number of aromatic nitrogens is 5. The molecule has 13 nitrogen and oxygen atoms in total. The SMILES string of the molecule is COc1cccc(OC)c1-n1c(-c2ccn(C)n2)nnc1N(CC[Si](C)(C)C)S(=O)(=O)C[C@H](OC)c1ccc(F)cc1S(C)(=O)=O. The van der Waals surface area contributed by atoms with Gasteiger partial charge < -0.3 is 14.2 Å². The highest BCUT2D eigenvalue weighted by Gasteiger charge is 2.36. The molecule has 0 amide bonds. The van der Waals surface area contributed by atoms with Crippen molar-refractivity contribution in [2.45, 2.75) is 36.7 Å². The number of methoxy groups -OCH3 is 3. The molecule has 250 valence electrons. The Balaban J connectivity index is 1.97. The number of para-hydroxylation sites is 1. The fourth-order valence-electron chi connectivity index (χ4n) is 4.86. The third-order valence-corrected chi connectivity index (χ3v) is 11.8. The molecule has 2 aromatic carbocycles. The minimum absolute atomic E-state index is 0.0159. The molecule has 0 spiro atoms. The van der Waals surface area contributed by atoms with Gasteiger partial charge >= 0.3 is 0 Å². The molecule has 17 heteroatoms. The molecule has 4 rings (SSSR count). The van der Waals surface area contributed by atoms with E-state index in [0.717, 1.165) is 22.7 Å². The first-order valence-electron chi connectivity index (χ1n) is 14.2. The maximum absolute atomic E-state index is 14.5. The zero-order chi connectivity index (χ0) is 34.0. The predicted octanol–water partition coefficient (Wildman–Crippen LogP) is 4.09. The Morgan fingerprint density at radius 3 is 2.15 bits per heavy atom. The van der Waals surface area contributed by atoms with Crippen molar-refractivity contribution in [2.24, 2.45) is 7.05 Å². The van der Waals surface area contributed by atoms with Crippen molar-refractivity contribution in [3.63, 3.8) is 0 Å². The summed E-state index contributed by atoms with van der Waals surface area (Å²) < 4.78 is 89.6. The number of sulfone groups is 1. The van der Waals surface area contributed by atoms with E-state index in [1.165, 1.54) is 32.0 Å². The standard InChI is InChI=1S/C29H39FN6O7S2Si/c1-34-15-14-22(33-34)28-31-32-29(36(28)27-23(41-2)10-9-11-24(27)42-3)35(16-17-46(6,7)8)45(39,40)19-25(43-4)21-13-12-20(30)18-26(21)44(5,37)38/h9-15,18,25H,16-17,19H2,1-8H3/t25-/m0/s1. The Morgan fingerprint density at radius 1 is 0.978 bits per heavy atom. The number of hydrogen-bond donors (Lipinski definition) is 0. The van der Waals surface area contributed by atoms with Gasteiger partial charge in [0.15, 0.2) is 15.7 Å². The lowest BCUT2D eigenvalue weighted by molar-refractivity contribution is 0.119. The molecule has 0 aliphatic rings. The lowest BCUT2D eigenvalue weighted by atomic mass is 10.1. The Bertz CT molecular complexity index is 1900. The summed E-state index contributed by atoms with van der Waals surface area (Å²) in [5.74, 6) is -0.567. The summed E-state index contributed by atoms with van der Waals surface area (Å²) in [5.41, 5.74) is 0.778. The van der Waals surface area contributed by atoms with Crippen LogP contribution < -0.4 is 13.8 Å². The second-order valence-electron chi connectivity index (χ2n) is 11.9. The van der Waals surface area contributed by atoms with Crippen molar-refractivity contribution < 1.29 is 35.4 Å². The molecule has 0 N–H and O–H groups in total. The van der Waals surface area contributed by atoms with Gasteiger partial charge in [-0.15, -0.1) is 10.2 Å². The maximum atomic E-state index is 14.5. The number of hydrogen-bond acceptors (Lipinski definition) is 10. The average Bonchev–Trinajstić information content (AvgIpc) is 3.60. The highest BCUT2D eigenvalue weighted by Crippen LogP contribution is 2.39. The Hall–Kier alpha value is -3.80. The predicted molar refractivity (Wildman–Crippen MR) is 175 cm³/mol. The summed E-state index contributed by atoms with van der Waals surface area (Å²) in [5, 5.41) is 13.3. The van der Waals surface area contributed by atoms with E-state index in [9.17, 15) is 21.2 Å². The molecule has 0 aliphatic carbocycles. The van der Waals surface area contributed by atoms with Crippen molar-refractivity contribution in [1.29, 1.82) is 0 Å². The van der Waals surface area contributed by atoms with Crippen LogP contribution in [0.3, 0.4) is 0 Å². The molecule has 0 saturated carbocycles. The average molecular weight is 695 g/mol. The number of anilines is 1. The van der Waals surface area contributed by atoms with Crippen LogP contribution in [0, 0.1) is 5.82 Å². The van der Waals surface area contributed by atoms with Gasteiger partial charge in [-0.1, -0.05) is 31.8 Å². The van der Waals surface area contributed by atoms with Crippen LogP contribution in [-0.4, -0.2) is 89.3 Å². The molecule has 4 aromatic rings. The molecule has 0 fully saturated rings. The van der Waals surface area contributed by atoms with E-state index in [2.05, 4.69) is 34.9 Å². The fraction of sp³-hybridized carbons (Fsp3) is 0.414. The van der Waals surface area contributed by atoms with Crippen LogP contribution in [0.15, 0.2) is 53.6 Å². The van der Waals surface area contributed by atoms with E-state index in [-0.39, 0.29) is 28.8 Å². The van der Waals surface area contributed by atoms with Crippen LogP contribution in [0.5, 0.6) is 11.5 Å². The summed E-state index contributed by atoms with van der Waals surface area (Å²) >= 11 is 0. The van der Waals surface area contributed by atoms with Gasteiger partial charge in [0.2, 0.25) is 16.0 Å². The minimum atomic E-state index is -4.35. The van der Waals surface area contributed by atoms with Gasteiger partial charge in [0.05, 0.1) is 31.0 Å². The Labute approximate surface area is 269 Å². The molecule has 0 aliphatic heterocycles. The monoisotopic (exact) mass is 694 g/mol. The number of nitrogens with zero attached hydrogens (tertiary/aromatic N) is 6. The largest absolute Gasteiger partial charge is 0.494 e. The quantitative estimate of drug-likeness (QED) is 0.177. The molecule has 46 heavy (non-hydrogen) atoms. The smallest absolute Gasteiger partial charge is 0.246 e. The van der Waals surface area contributed by atoms with Crippen LogP contribution in [-0.2, 0) is 31.6 Å². The highest BCUT2D eigenvalue weighted by molar-refractivity contribution is 7.92. The number of halogens is 1. The van der Waals surface area contributed by atoms with Crippen LogP contribution in [0.25, 0.3) is 17.2 Å². The molecule has 1 atom stereocenters. The minimum Gasteiger partial charge on any atom is -0.494 e. The van der Waals surface area contributed by atoms with Gasteiger partial charge in [0.1, 0.15) is 28.7 Å². The Morgan fingerprint density at radius 2 is 1.63 bits per heavy atom. The maximum Gasteiger partial charge on any atom is 0.246 e. The van der Waals surface area contributed by atoms with Crippen molar-refractivity contribution in [3.8, 4) is 28.7 Å². The summed E-state index contributed by atoms with van der Waals surface area (Å²) in [6.45, 7) is 6.37. The lowest BCUT2D eigenvalue weighted by Crippen LogP contribution is -2.40. The zero-order valence-electron chi connectivity index (χ0n) is 27.1. The van der Waals surface area contributed by atoms with Gasteiger partial charge in [-0.25, -0.2) is 25.5 Å². The normalized spacial score (nSPS) is 13.1. The topological polar surface area (TPSA) is 148 Å². The van der Waals surface area contributed by atoms with Crippen LogP contribution >= 0.6 is 0 Å². The van der Waals surface area contributed by atoms with E-state index in [1.807, 2.05) is 0 Å². The van der Waals surface area contributed by atoms with Crippen molar-refractivity contribution in [1.82, 2.24) is 24.5 Å². The summed E-state index contributed by atoms with van der Waals surface area (Å²) in [6.07, 6.45) is 1.38. The number of rotatable bonds is 14. The van der Waals surface area contributed by atoms with Crippen molar-refractivity contribution >= 4 is 33.9 Å². The van der Waals surface area contributed by atoms with E-state index in [4.69, 9.17) is 14.2 Å². The third kappa shape index (κ3) is 7.59. The highest BCUT2D eigenvalue weighted by atomic mass is 32.2. The number of sulfonamides is 1. The molecular formula is C29H39FN6O7S2Si. The first kappa shape index (κ1) is 35.1. The Kier molecular flexibility index (Phi) is 10.3. The summed E-state index contributed by atoms with van der Waals surface area (Å²) in [4.78, 5) is -0.359. The zero-order valence-corrected chi connectivity index (χ0v) is 29.7. The second-order valence-corrected chi connectivity index (χ2v) is 21.4. The molecule has 0 bridgehead atoms. The van der Waals surface area contributed by atoms with Crippen molar-refractivity contribution in [3.05, 3.63) is 60.0 Å². The third-order valence-electron chi connectivity index (χ3n) is 7.21. The van der Waals surface area contributed by atoms with E-state index in [0.29, 0.717) is 28.9 Å². The van der Waals surface area contributed by atoms with Crippen molar-refractivity contribution in [2.75, 3.05) is 44.2 Å². The summed E-state index contributed by atoms with van der Waals surface area (Å²) in [6, 6.07) is 10.5. The number of aryl methyl sites for hydroxylation is 1.